The first kappa shape index (κ1) is 25.4. The number of hydrogen-bond acceptors (Lipinski definition) is 5. The summed E-state index contributed by atoms with van der Waals surface area (Å²) in [7, 11) is 3.30. The van der Waals surface area contributed by atoms with Crippen molar-refractivity contribution in [3.05, 3.63) is 77.4 Å². The second-order valence-corrected chi connectivity index (χ2v) is 11.2. The Balaban J connectivity index is 1.34. The average molecular weight is 520 g/mol. The predicted octanol–water partition coefficient (Wildman–Crippen LogP) is 5.58. The van der Waals surface area contributed by atoms with E-state index in [1.165, 1.54) is 5.56 Å². The molecule has 1 heterocycles. The summed E-state index contributed by atoms with van der Waals surface area (Å²) >= 11 is -1.22. The van der Waals surface area contributed by atoms with Crippen molar-refractivity contribution in [3.8, 4) is 17.2 Å². The molecule has 1 atom stereocenters. The molecule has 8 heteroatoms. The summed E-state index contributed by atoms with van der Waals surface area (Å²) in [5.74, 6) is 2.28. The summed E-state index contributed by atoms with van der Waals surface area (Å²) in [5.41, 5.74) is 4.10. The van der Waals surface area contributed by atoms with Gasteiger partial charge >= 0.3 is 6.03 Å². The number of urea groups is 1. The normalized spacial score (nSPS) is 16.5. The number of anilines is 1. The van der Waals surface area contributed by atoms with Crippen LogP contribution >= 0.6 is 0 Å². The third kappa shape index (κ3) is 5.14. The van der Waals surface area contributed by atoms with E-state index in [9.17, 15) is 9.35 Å². The summed E-state index contributed by atoms with van der Waals surface area (Å²) in [6.45, 7) is 3.09. The van der Waals surface area contributed by atoms with Gasteiger partial charge in [-0.05, 0) is 72.9 Å². The summed E-state index contributed by atoms with van der Waals surface area (Å²) in [6.07, 6.45) is 4.45. The molecule has 3 aromatic carbocycles. The largest absolute Gasteiger partial charge is 0.593 e. The van der Waals surface area contributed by atoms with E-state index in [4.69, 9.17) is 9.47 Å². The maximum atomic E-state index is 13.3. The fourth-order valence-corrected chi connectivity index (χ4v) is 6.06. The molecule has 3 aromatic rings. The number of aryl methyl sites for hydroxylation is 1. The van der Waals surface area contributed by atoms with Gasteiger partial charge in [-0.1, -0.05) is 31.0 Å². The molecule has 1 aliphatic heterocycles. The van der Waals surface area contributed by atoms with Crippen LogP contribution in [0.25, 0.3) is 0 Å². The first-order valence-corrected chi connectivity index (χ1v) is 13.8. The highest BCUT2D eigenvalue weighted by atomic mass is 32.2. The Kier molecular flexibility index (Phi) is 7.33. The molecule has 2 N–H and O–H groups in total. The Hall–Kier alpha value is -3.20. The molecule has 2 aliphatic rings. The number of carbonyl (C=O) groups excluding carboxylic acids is 1. The molecule has 1 fully saturated rings. The van der Waals surface area contributed by atoms with Crippen LogP contribution in [0.5, 0.6) is 17.2 Å². The maximum absolute atomic E-state index is 13.3. The first-order valence-electron chi connectivity index (χ1n) is 12.6. The van der Waals surface area contributed by atoms with Crippen molar-refractivity contribution in [2.24, 2.45) is 0 Å². The van der Waals surface area contributed by atoms with Crippen LogP contribution in [0.1, 0.15) is 42.4 Å². The van der Waals surface area contributed by atoms with Crippen LogP contribution in [0.3, 0.4) is 0 Å². The van der Waals surface area contributed by atoms with Crippen LogP contribution in [0, 0.1) is 6.92 Å². The van der Waals surface area contributed by atoms with Gasteiger partial charge in [0.25, 0.3) is 0 Å². The Morgan fingerprint density at radius 3 is 2.49 bits per heavy atom. The van der Waals surface area contributed by atoms with Gasteiger partial charge < -0.3 is 19.3 Å². The number of amides is 2. The lowest BCUT2D eigenvalue weighted by atomic mass is 9.81. The minimum absolute atomic E-state index is 0.0334. The Labute approximate surface area is 221 Å². The van der Waals surface area contributed by atoms with Gasteiger partial charge in [-0.2, -0.15) is 0 Å². The lowest BCUT2D eigenvalue weighted by Crippen LogP contribution is -2.41. The van der Waals surface area contributed by atoms with Crippen LogP contribution in [0.4, 0.5) is 10.5 Å². The van der Waals surface area contributed by atoms with E-state index in [2.05, 4.69) is 16.1 Å². The predicted molar refractivity (Wildman–Crippen MR) is 146 cm³/mol. The molecule has 5 rings (SSSR count). The Bertz CT molecular complexity index is 1270. The first-order chi connectivity index (χ1) is 17.9. The van der Waals surface area contributed by atoms with Gasteiger partial charge in [-0.15, -0.1) is 4.72 Å². The van der Waals surface area contributed by atoms with Crippen molar-refractivity contribution in [2.45, 2.75) is 49.5 Å². The number of nitrogens with zero attached hydrogens (tertiary/aromatic N) is 1. The highest BCUT2D eigenvalue weighted by molar-refractivity contribution is 7.89. The standard InChI is InChI=1S/C29H33N3O4S/c1-20-6-9-22(35-3)17-27(20)36-23-10-13-26-25(16-23)29(14-4-5-15-29)19-32(26)28(33)31-18-21-7-11-24(12-8-21)37(34)30-2/h6-13,16-17,30H,4-5,14-15,18-19H2,1-3H3,(H,31,33). The van der Waals surface area contributed by atoms with Crippen LogP contribution in [0.2, 0.25) is 0 Å². The molecule has 0 saturated heterocycles. The second-order valence-electron chi connectivity index (χ2n) is 9.76. The zero-order chi connectivity index (χ0) is 26.0. The van der Waals surface area contributed by atoms with E-state index >= 15 is 0 Å². The monoisotopic (exact) mass is 519 g/mol. The van der Waals surface area contributed by atoms with Crippen molar-refractivity contribution < 1.29 is 18.8 Å². The maximum Gasteiger partial charge on any atom is 0.322 e. The molecule has 0 bridgehead atoms. The minimum Gasteiger partial charge on any atom is -0.593 e. The van der Waals surface area contributed by atoms with E-state index in [-0.39, 0.29) is 11.4 Å². The molecule has 7 nitrogen and oxygen atoms in total. The lowest BCUT2D eigenvalue weighted by Gasteiger charge is -2.25. The summed E-state index contributed by atoms with van der Waals surface area (Å²) in [6, 6.07) is 19.2. The molecule has 1 spiro atoms. The molecular formula is C29H33N3O4S. The molecule has 1 aliphatic carbocycles. The molecular weight excluding hydrogens is 486 g/mol. The molecule has 0 aromatic heterocycles. The van der Waals surface area contributed by atoms with Gasteiger partial charge in [0.2, 0.25) is 0 Å². The number of benzene rings is 3. The topological polar surface area (TPSA) is 85.9 Å². The van der Waals surface area contributed by atoms with E-state index in [0.29, 0.717) is 18.0 Å². The molecule has 0 radical (unpaired) electrons. The van der Waals surface area contributed by atoms with E-state index in [0.717, 1.165) is 59.7 Å². The summed E-state index contributed by atoms with van der Waals surface area (Å²) in [5, 5.41) is 3.08. The van der Waals surface area contributed by atoms with Gasteiger partial charge in [0.05, 0.1) is 18.5 Å². The van der Waals surface area contributed by atoms with E-state index in [1.54, 1.807) is 14.2 Å². The fraction of sp³-hybridized carbons (Fsp3) is 0.345. The van der Waals surface area contributed by atoms with Crippen LogP contribution in [0.15, 0.2) is 65.6 Å². The number of ether oxygens (including phenoxy) is 2. The number of rotatable bonds is 7. The third-order valence-electron chi connectivity index (χ3n) is 7.49. The van der Waals surface area contributed by atoms with Gasteiger partial charge in [0, 0.05) is 37.3 Å². The van der Waals surface area contributed by atoms with Crippen LogP contribution in [-0.2, 0) is 23.3 Å². The summed E-state index contributed by atoms with van der Waals surface area (Å²) < 4.78 is 26.3. The number of fused-ring (bicyclic) bond motifs is 2. The SMILES string of the molecule is CN[S+]([O-])c1ccc(CNC(=O)N2CC3(CCCC3)c3cc(Oc4cc(OC)ccc4C)ccc32)cc1. The molecule has 1 unspecified atom stereocenters. The highest BCUT2D eigenvalue weighted by Crippen LogP contribution is 2.51. The second kappa shape index (κ2) is 10.7. The van der Waals surface area contributed by atoms with Crippen molar-refractivity contribution >= 4 is 23.1 Å². The third-order valence-corrected chi connectivity index (χ3v) is 8.56. The molecule has 1 saturated carbocycles. The zero-order valence-electron chi connectivity index (χ0n) is 21.5. The van der Waals surface area contributed by atoms with Crippen molar-refractivity contribution in [1.82, 2.24) is 10.0 Å². The van der Waals surface area contributed by atoms with Gasteiger partial charge in [0.1, 0.15) is 17.2 Å². The number of nitrogens with one attached hydrogen (secondary N) is 2. The number of methoxy groups -OCH3 is 1. The van der Waals surface area contributed by atoms with E-state index < -0.39 is 11.4 Å². The Morgan fingerprint density at radius 1 is 1.05 bits per heavy atom. The van der Waals surface area contributed by atoms with Gasteiger partial charge in [-0.25, -0.2) is 4.79 Å². The number of hydrogen-bond donors (Lipinski definition) is 2. The van der Waals surface area contributed by atoms with Gasteiger partial charge in [0.15, 0.2) is 4.90 Å². The smallest absolute Gasteiger partial charge is 0.322 e. The van der Waals surface area contributed by atoms with Crippen LogP contribution in [-0.4, -0.2) is 31.3 Å². The Morgan fingerprint density at radius 2 is 1.78 bits per heavy atom. The van der Waals surface area contributed by atoms with Crippen molar-refractivity contribution in [3.63, 3.8) is 0 Å². The molecule has 194 valence electrons. The molecule has 2 amide bonds. The molecule has 37 heavy (non-hydrogen) atoms. The van der Waals surface area contributed by atoms with Crippen molar-refractivity contribution in [1.29, 1.82) is 0 Å². The van der Waals surface area contributed by atoms with Gasteiger partial charge in [-0.3, -0.25) is 4.90 Å². The average Bonchev–Trinajstić information content (AvgIpc) is 3.53. The minimum atomic E-state index is -1.22. The van der Waals surface area contributed by atoms with E-state index in [1.807, 2.05) is 66.4 Å². The quantitative estimate of drug-likeness (QED) is 0.398. The zero-order valence-corrected chi connectivity index (χ0v) is 22.3. The van der Waals surface area contributed by atoms with Crippen molar-refractivity contribution in [2.75, 3.05) is 25.6 Å². The fourth-order valence-electron chi connectivity index (χ4n) is 5.44. The number of carbonyl (C=O) groups is 1. The summed E-state index contributed by atoms with van der Waals surface area (Å²) in [4.78, 5) is 15.9. The van der Waals surface area contributed by atoms with Crippen LogP contribution < -0.4 is 24.4 Å². The highest BCUT2D eigenvalue weighted by Gasteiger charge is 2.46. The lowest BCUT2D eigenvalue weighted by molar-refractivity contribution is 0.245.